The summed E-state index contributed by atoms with van der Waals surface area (Å²) in [6.45, 7) is 1.98. The lowest BCUT2D eigenvalue weighted by Crippen LogP contribution is -2.27. The zero-order valence-corrected chi connectivity index (χ0v) is 11.4. The molecule has 0 radical (unpaired) electrons. The Morgan fingerprint density at radius 1 is 1.47 bits per heavy atom. The second-order valence-corrected chi connectivity index (χ2v) is 4.68. The molecule has 1 rings (SSSR count). The van der Waals surface area contributed by atoms with Crippen LogP contribution in [0, 0.1) is 0 Å². The zero-order valence-electron chi connectivity index (χ0n) is 10.6. The predicted molar refractivity (Wildman–Crippen MR) is 74.5 cm³/mol. The maximum absolute atomic E-state index is 11.8. The monoisotopic (exact) mass is 284 g/mol. The Hall–Kier alpha value is -1.59. The lowest BCUT2D eigenvalue weighted by molar-refractivity contribution is -0.116. The predicted octanol–water partition coefficient (Wildman–Crippen LogP) is 2.49. The second kappa shape index (κ2) is 7.11. The van der Waals surface area contributed by atoms with E-state index in [1.54, 1.807) is 6.07 Å². The molecule has 104 valence electrons. The number of anilines is 1. The molecule has 0 saturated carbocycles. The molecule has 4 N–H and O–H groups in total. The van der Waals surface area contributed by atoms with E-state index in [0.29, 0.717) is 0 Å². The van der Waals surface area contributed by atoms with Crippen LogP contribution in [-0.4, -0.2) is 23.0 Å². The minimum Gasteiger partial charge on any atom is -0.478 e. The van der Waals surface area contributed by atoms with E-state index >= 15 is 0 Å². The highest BCUT2D eigenvalue weighted by atomic mass is 35.5. The number of hydrogen-bond acceptors (Lipinski definition) is 3. The number of benzene rings is 1. The third-order valence-electron chi connectivity index (χ3n) is 2.61. The van der Waals surface area contributed by atoms with E-state index in [1.165, 1.54) is 12.1 Å². The number of carbonyl (C=O) groups excluding carboxylic acids is 1. The van der Waals surface area contributed by atoms with Crippen molar-refractivity contribution >= 4 is 29.2 Å². The molecular formula is C13H17ClN2O3. The van der Waals surface area contributed by atoms with E-state index in [1.807, 2.05) is 6.92 Å². The van der Waals surface area contributed by atoms with Crippen molar-refractivity contribution in [2.45, 2.75) is 32.2 Å². The SMILES string of the molecule is CCCC(N)CC(=O)Nc1cccc(Cl)c1C(=O)O. The van der Waals surface area contributed by atoms with Crippen molar-refractivity contribution in [3.8, 4) is 0 Å². The van der Waals surface area contributed by atoms with Gasteiger partial charge in [0.15, 0.2) is 0 Å². The number of nitrogens with one attached hydrogen (secondary N) is 1. The van der Waals surface area contributed by atoms with E-state index in [0.717, 1.165) is 12.8 Å². The highest BCUT2D eigenvalue weighted by molar-refractivity contribution is 6.34. The maximum Gasteiger partial charge on any atom is 0.339 e. The van der Waals surface area contributed by atoms with Gasteiger partial charge in [-0.1, -0.05) is 31.0 Å². The van der Waals surface area contributed by atoms with Gasteiger partial charge in [-0.25, -0.2) is 4.79 Å². The number of aromatic carboxylic acids is 1. The molecular weight excluding hydrogens is 268 g/mol. The number of carboxylic acid groups (broad SMARTS) is 1. The lowest BCUT2D eigenvalue weighted by atomic mass is 10.1. The first-order chi connectivity index (χ1) is 8.95. The van der Waals surface area contributed by atoms with E-state index in [-0.39, 0.29) is 34.6 Å². The summed E-state index contributed by atoms with van der Waals surface area (Å²) < 4.78 is 0. The number of amides is 1. The summed E-state index contributed by atoms with van der Waals surface area (Å²) in [7, 11) is 0. The van der Waals surface area contributed by atoms with Crippen LogP contribution in [0.15, 0.2) is 18.2 Å². The molecule has 1 aromatic rings. The highest BCUT2D eigenvalue weighted by Gasteiger charge is 2.17. The fraction of sp³-hybridized carbons (Fsp3) is 0.385. The number of carboxylic acids is 1. The minimum absolute atomic E-state index is 0.0863. The average molecular weight is 285 g/mol. The Morgan fingerprint density at radius 2 is 2.16 bits per heavy atom. The molecule has 5 nitrogen and oxygen atoms in total. The Kier molecular flexibility index (Phi) is 5.79. The molecule has 0 aliphatic heterocycles. The summed E-state index contributed by atoms with van der Waals surface area (Å²) in [5, 5.41) is 11.7. The van der Waals surface area contributed by atoms with Gasteiger partial charge in [-0.05, 0) is 18.6 Å². The van der Waals surface area contributed by atoms with Gasteiger partial charge in [0.05, 0.1) is 10.7 Å². The quantitative estimate of drug-likeness (QED) is 0.748. The van der Waals surface area contributed by atoms with Gasteiger partial charge in [-0.2, -0.15) is 0 Å². The van der Waals surface area contributed by atoms with Gasteiger partial charge in [0.1, 0.15) is 5.56 Å². The van der Waals surface area contributed by atoms with E-state index in [9.17, 15) is 9.59 Å². The van der Waals surface area contributed by atoms with E-state index in [4.69, 9.17) is 22.4 Å². The van der Waals surface area contributed by atoms with Gasteiger partial charge in [-0.3, -0.25) is 4.79 Å². The van der Waals surface area contributed by atoms with Gasteiger partial charge in [0.25, 0.3) is 0 Å². The number of rotatable bonds is 6. The summed E-state index contributed by atoms with van der Waals surface area (Å²) in [6.07, 6.45) is 1.79. The van der Waals surface area contributed by atoms with E-state index < -0.39 is 5.97 Å². The second-order valence-electron chi connectivity index (χ2n) is 4.27. The van der Waals surface area contributed by atoms with Crippen LogP contribution in [0.3, 0.4) is 0 Å². The number of halogens is 1. The largest absolute Gasteiger partial charge is 0.478 e. The molecule has 1 aromatic carbocycles. The van der Waals surface area contributed by atoms with Crippen LogP contribution in [-0.2, 0) is 4.79 Å². The maximum atomic E-state index is 11.8. The van der Waals surface area contributed by atoms with Gasteiger partial charge in [0, 0.05) is 12.5 Å². The smallest absolute Gasteiger partial charge is 0.339 e. The third kappa shape index (κ3) is 4.54. The molecule has 0 saturated heterocycles. The van der Waals surface area contributed by atoms with Crippen LogP contribution in [0.1, 0.15) is 36.5 Å². The summed E-state index contributed by atoms with van der Waals surface area (Å²) in [6, 6.07) is 4.32. The van der Waals surface area contributed by atoms with Gasteiger partial charge >= 0.3 is 5.97 Å². The standard InChI is InChI=1S/C13H17ClN2O3/c1-2-4-8(15)7-11(17)16-10-6-3-5-9(14)12(10)13(18)19/h3,5-6,8H,2,4,7,15H2,1H3,(H,16,17)(H,18,19). The summed E-state index contributed by atoms with van der Waals surface area (Å²) in [4.78, 5) is 22.8. The first kappa shape index (κ1) is 15.5. The van der Waals surface area contributed by atoms with Crippen molar-refractivity contribution in [2.24, 2.45) is 5.73 Å². The Morgan fingerprint density at radius 3 is 2.74 bits per heavy atom. The van der Waals surface area contributed by atoms with Crippen molar-refractivity contribution < 1.29 is 14.7 Å². The Bertz CT molecular complexity index is 477. The third-order valence-corrected chi connectivity index (χ3v) is 2.92. The molecule has 1 amide bonds. The Labute approximate surface area is 116 Å². The highest BCUT2D eigenvalue weighted by Crippen LogP contribution is 2.24. The first-order valence-electron chi connectivity index (χ1n) is 6.03. The normalized spacial score (nSPS) is 11.9. The summed E-state index contributed by atoms with van der Waals surface area (Å²) in [5.74, 6) is -1.50. The van der Waals surface area contributed by atoms with Gasteiger partial charge in [0.2, 0.25) is 5.91 Å². The minimum atomic E-state index is -1.18. The summed E-state index contributed by atoms with van der Waals surface area (Å²) >= 11 is 5.81. The number of carbonyl (C=O) groups is 2. The topological polar surface area (TPSA) is 92.4 Å². The molecule has 0 aromatic heterocycles. The van der Waals surface area contributed by atoms with Gasteiger partial charge in [-0.15, -0.1) is 0 Å². The molecule has 0 aliphatic carbocycles. The van der Waals surface area contributed by atoms with Crippen LogP contribution in [0.5, 0.6) is 0 Å². The van der Waals surface area contributed by atoms with Crippen LogP contribution in [0.25, 0.3) is 0 Å². The first-order valence-corrected chi connectivity index (χ1v) is 6.40. The van der Waals surface area contributed by atoms with Gasteiger partial charge < -0.3 is 16.2 Å². The van der Waals surface area contributed by atoms with Crippen LogP contribution >= 0.6 is 11.6 Å². The van der Waals surface area contributed by atoms with Crippen molar-refractivity contribution in [3.05, 3.63) is 28.8 Å². The molecule has 1 unspecified atom stereocenters. The number of nitrogens with two attached hydrogens (primary N) is 1. The van der Waals surface area contributed by atoms with Crippen LogP contribution in [0.4, 0.5) is 5.69 Å². The molecule has 0 bridgehead atoms. The molecule has 0 heterocycles. The van der Waals surface area contributed by atoms with Crippen molar-refractivity contribution in [3.63, 3.8) is 0 Å². The van der Waals surface area contributed by atoms with Crippen molar-refractivity contribution in [1.29, 1.82) is 0 Å². The lowest BCUT2D eigenvalue weighted by Gasteiger charge is -2.12. The molecule has 0 fully saturated rings. The molecule has 0 aliphatic rings. The molecule has 6 heteroatoms. The fourth-order valence-corrected chi connectivity index (χ4v) is 2.01. The average Bonchev–Trinajstić information content (AvgIpc) is 2.28. The molecule has 0 spiro atoms. The van der Waals surface area contributed by atoms with Crippen molar-refractivity contribution in [1.82, 2.24) is 0 Å². The zero-order chi connectivity index (χ0) is 14.4. The van der Waals surface area contributed by atoms with E-state index in [2.05, 4.69) is 5.32 Å². The number of hydrogen-bond donors (Lipinski definition) is 3. The van der Waals surface area contributed by atoms with Crippen LogP contribution in [0.2, 0.25) is 5.02 Å². The Balaban J connectivity index is 2.80. The van der Waals surface area contributed by atoms with Crippen LogP contribution < -0.4 is 11.1 Å². The summed E-state index contributed by atoms with van der Waals surface area (Å²) in [5.41, 5.74) is 5.84. The molecule has 1 atom stereocenters. The van der Waals surface area contributed by atoms with Crippen molar-refractivity contribution in [2.75, 3.05) is 5.32 Å². The molecule has 19 heavy (non-hydrogen) atoms. The fourth-order valence-electron chi connectivity index (χ4n) is 1.76.